The maximum atomic E-state index is 12.1. The Bertz CT molecular complexity index is 458. The average molecular weight is 289 g/mol. The minimum absolute atomic E-state index is 0.0528. The molecule has 3 rings (SSSR count). The number of ether oxygens (including phenoxy) is 2. The number of amides is 1. The molecule has 1 aromatic carbocycles. The summed E-state index contributed by atoms with van der Waals surface area (Å²) < 4.78 is 11.5. The standard InChI is InChI=1S/C17H23NO3/c19-17(14-7-4-8-14)18-15-9-10-20-12-16(15)21-11-13-5-2-1-3-6-13/h1-3,5-6,14-16H,4,7-12H2,(H,18,19)/t15-,16-/m1/s1. The van der Waals surface area contributed by atoms with Crippen molar-refractivity contribution in [1.82, 2.24) is 5.32 Å². The molecule has 2 atom stereocenters. The van der Waals surface area contributed by atoms with Crippen LogP contribution in [0.5, 0.6) is 0 Å². The van der Waals surface area contributed by atoms with E-state index in [1.165, 1.54) is 6.42 Å². The lowest BCUT2D eigenvalue weighted by atomic mass is 9.84. The Morgan fingerprint density at radius 2 is 2.05 bits per heavy atom. The molecule has 1 saturated carbocycles. The fourth-order valence-corrected chi connectivity index (χ4v) is 2.79. The topological polar surface area (TPSA) is 47.6 Å². The Hall–Kier alpha value is -1.39. The van der Waals surface area contributed by atoms with E-state index in [0.29, 0.717) is 19.8 Å². The van der Waals surface area contributed by atoms with Crippen molar-refractivity contribution in [2.75, 3.05) is 13.2 Å². The molecule has 1 aliphatic heterocycles. The Morgan fingerprint density at radius 3 is 2.76 bits per heavy atom. The number of carbonyl (C=O) groups excluding carboxylic acids is 1. The Balaban J connectivity index is 1.52. The summed E-state index contributed by atoms with van der Waals surface area (Å²) in [5.41, 5.74) is 1.15. The van der Waals surface area contributed by atoms with Crippen LogP contribution in [0.1, 0.15) is 31.2 Å². The molecular formula is C17H23NO3. The van der Waals surface area contributed by atoms with Crippen LogP contribution in [0.4, 0.5) is 0 Å². The summed E-state index contributed by atoms with van der Waals surface area (Å²) in [7, 11) is 0. The predicted molar refractivity (Wildman–Crippen MR) is 79.7 cm³/mol. The first-order chi connectivity index (χ1) is 10.3. The Labute approximate surface area is 125 Å². The van der Waals surface area contributed by atoms with Gasteiger partial charge in [0, 0.05) is 12.5 Å². The lowest BCUT2D eigenvalue weighted by Gasteiger charge is -2.34. The first-order valence-electron chi connectivity index (χ1n) is 7.86. The quantitative estimate of drug-likeness (QED) is 0.904. The summed E-state index contributed by atoms with van der Waals surface area (Å²) in [6.45, 7) is 1.81. The first-order valence-corrected chi connectivity index (χ1v) is 7.86. The molecule has 4 nitrogen and oxygen atoms in total. The van der Waals surface area contributed by atoms with Gasteiger partial charge >= 0.3 is 0 Å². The van der Waals surface area contributed by atoms with Crippen LogP contribution in [0, 0.1) is 5.92 Å². The predicted octanol–water partition coefficient (Wildman–Crippen LogP) is 2.28. The summed E-state index contributed by atoms with van der Waals surface area (Å²) in [6, 6.07) is 10.2. The van der Waals surface area contributed by atoms with Crippen molar-refractivity contribution in [3.8, 4) is 0 Å². The fourth-order valence-electron chi connectivity index (χ4n) is 2.79. The molecule has 0 spiro atoms. The highest BCUT2D eigenvalue weighted by molar-refractivity contribution is 5.79. The highest BCUT2D eigenvalue weighted by atomic mass is 16.5. The maximum absolute atomic E-state index is 12.1. The van der Waals surface area contributed by atoms with Gasteiger partial charge < -0.3 is 14.8 Å². The van der Waals surface area contributed by atoms with Crippen molar-refractivity contribution in [1.29, 1.82) is 0 Å². The van der Waals surface area contributed by atoms with Gasteiger partial charge in [0.2, 0.25) is 5.91 Å². The summed E-state index contributed by atoms with van der Waals surface area (Å²) in [4.78, 5) is 12.1. The number of carbonyl (C=O) groups is 1. The third-order valence-corrected chi connectivity index (χ3v) is 4.41. The van der Waals surface area contributed by atoms with Gasteiger partial charge in [-0.2, -0.15) is 0 Å². The molecule has 1 amide bonds. The van der Waals surface area contributed by atoms with Crippen molar-refractivity contribution >= 4 is 5.91 Å². The van der Waals surface area contributed by atoms with Crippen LogP contribution in [0.3, 0.4) is 0 Å². The molecule has 114 valence electrons. The van der Waals surface area contributed by atoms with Crippen LogP contribution in [-0.2, 0) is 20.9 Å². The summed E-state index contributed by atoms with van der Waals surface area (Å²) >= 11 is 0. The molecule has 2 fully saturated rings. The third-order valence-electron chi connectivity index (χ3n) is 4.41. The molecule has 4 heteroatoms. The molecule has 1 aliphatic carbocycles. The maximum Gasteiger partial charge on any atom is 0.223 e. The zero-order chi connectivity index (χ0) is 14.5. The van der Waals surface area contributed by atoms with Gasteiger partial charge in [0.05, 0.1) is 19.3 Å². The molecule has 1 N–H and O–H groups in total. The van der Waals surface area contributed by atoms with Crippen molar-refractivity contribution < 1.29 is 14.3 Å². The second kappa shape index (κ2) is 7.05. The van der Waals surface area contributed by atoms with E-state index < -0.39 is 0 Å². The van der Waals surface area contributed by atoms with Gasteiger partial charge in [-0.05, 0) is 24.8 Å². The third kappa shape index (κ3) is 3.83. The second-order valence-electron chi connectivity index (χ2n) is 5.94. The van der Waals surface area contributed by atoms with Gasteiger partial charge in [0.25, 0.3) is 0 Å². The smallest absolute Gasteiger partial charge is 0.223 e. The second-order valence-corrected chi connectivity index (χ2v) is 5.94. The van der Waals surface area contributed by atoms with Crippen molar-refractivity contribution in [2.45, 2.75) is 44.4 Å². The van der Waals surface area contributed by atoms with E-state index in [0.717, 1.165) is 24.8 Å². The summed E-state index contributed by atoms with van der Waals surface area (Å²) in [5.74, 6) is 0.420. The number of nitrogens with one attached hydrogen (secondary N) is 1. The lowest BCUT2D eigenvalue weighted by molar-refractivity contribution is -0.132. The monoisotopic (exact) mass is 289 g/mol. The average Bonchev–Trinajstić information content (AvgIpc) is 2.45. The van der Waals surface area contributed by atoms with E-state index in [1.54, 1.807) is 0 Å². The normalized spacial score (nSPS) is 26.1. The van der Waals surface area contributed by atoms with Crippen LogP contribution in [0.25, 0.3) is 0 Å². The number of hydrogen-bond acceptors (Lipinski definition) is 3. The molecule has 0 radical (unpaired) electrons. The summed E-state index contributed by atoms with van der Waals surface area (Å²) in [5, 5.41) is 3.16. The number of benzene rings is 1. The van der Waals surface area contributed by atoms with Gasteiger partial charge in [0.15, 0.2) is 0 Å². The molecule has 2 aliphatic rings. The van der Waals surface area contributed by atoms with E-state index in [2.05, 4.69) is 5.32 Å². The van der Waals surface area contributed by atoms with Gasteiger partial charge in [-0.25, -0.2) is 0 Å². The van der Waals surface area contributed by atoms with Crippen LogP contribution in [-0.4, -0.2) is 31.3 Å². The van der Waals surface area contributed by atoms with E-state index in [9.17, 15) is 4.79 Å². The number of rotatable bonds is 5. The summed E-state index contributed by atoms with van der Waals surface area (Å²) in [6.07, 6.45) is 4.02. The Kier molecular flexibility index (Phi) is 4.88. The van der Waals surface area contributed by atoms with Crippen LogP contribution in [0.15, 0.2) is 30.3 Å². The lowest BCUT2D eigenvalue weighted by Crippen LogP contribution is -2.52. The molecule has 0 aromatic heterocycles. The van der Waals surface area contributed by atoms with Gasteiger partial charge in [-0.3, -0.25) is 4.79 Å². The van der Waals surface area contributed by atoms with Crippen molar-refractivity contribution in [2.24, 2.45) is 5.92 Å². The minimum Gasteiger partial charge on any atom is -0.379 e. The highest BCUT2D eigenvalue weighted by Gasteiger charge is 2.32. The first kappa shape index (κ1) is 14.5. The van der Waals surface area contributed by atoms with Crippen LogP contribution < -0.4 is 5.32 Å². The van der Waals surface area contributed by atoms with Crippen molar-refractivity contribution in [3.63, 3.8) is 0 Å². The number of hydrogen-bond donors (Lipinski definition) is 1. The van der Waals surface area contributed by atoms with E-state index in [-0.39, 0.29) is 24.0 Å². The van der Waals surface area contributed by atoms with Crippen LogP contribution in [0.2, 0.25) is 0 Å². The van der Waals surface area contributed by atoms with E-state index in [4.69, 9.17) is 9.47 Å². The Morgan fingerprint density at radius 1 is 1.24 bits per heavy atom. The minimum atomic E-state index is -0.0528. The van der Waals surface area contributed by atoms with Gasteiger partial charge in [-0.1, -0.05) is 36.8 Å². The van der Waals surface area contributed by atoms with E-state index >= 15 is 0 Å². The van der Waals surface area contributed by atoms with Crippen LogP contribution >= 0.6 is 0 Å². The molecule has 0 bridgehead atoms. The van der Waals surface area contributed by atoms with Gasteiger partial charge in [-0.15, -0.1) is 0 Å². The molecule has 1 aromatic rings. The van der Waals surface area contributed by atoms with Crippen molar-refractivity contribution in [3.05, 3.63) is 35.9 Å². The molecule has 1 heterocycles. The molecular weight excluding hydrogens is 266 g/mol. The zero-order valence-corrected chi connectivity index (χ0v) is 12.3. The fraction of sp³-hybridized carbons (Fsp3) is 0.588. The zero-order valence-electron chi connectivity index (χ0n) is 12.3. The van der Waals surface area contributed by atoms with E-state index in [1.807, 2.05) is 30.3 Å². The SMILES string of the molecule is O=C(N[C@@H]1CCOC[C@H]1OCc1ccccc1)C1CCC1. The highest BCUT2D eigenvalue weighted by Crippen LogP contribution is 2.27. The molecule has 1 saturated heterocycles. The molecule has 21 heavy (non-hydrogen) atoms. The largest absolute Gasteiger partial charge is 0.379 e. The molecule has 0 unspecified atom stereocenters. The van der Waals surface area contributed by atoms with Gasteiger partial charge in [0.1, 0.15) is 6.10 Å².